The summed E-state index contributed by atoms with van der Waals surface area (Å²) in [6, 6.07) is 15.1. The number of aliphatic hydroxyl groups excluding tert-OH is 1. The highest BCUT2D eigenvalue weighted by atomic mass is 16.5. The Labute approximate surface area is 176 Å². The molecule has 0 aliphatic carbocycles. The summed E-state index contributed by atoms with van der Waals surface area (Å²) in [5, 5.41) is 14.0. The second-order valence-corrected chi connectivity index (χ2v) is 7.97. The van der Waals surface area contributed by atoms with E-state index in [4.69, 9.17) is 4.74 Å². The van der Waals surface area contributed by atoms with Crippen molar-refractivity contribution in [3.05, 3.63) is 70.8 Å². The standard InChI is InChI=1S/C24H28N2O4/c27-22(8-9-23(28)21-15-17-4-1-2-5-20(17)16-25-21)18-6-3-7-19(14-18)24(29)26-10-12-30-13-11-26/h1-7,14,21,23,25,28H,8-13,15-16H2/t21-,23+/m0/s1. The second kappa shape index (κ2) is 9.51. The van der Waals surface area contributed by atoms with Crippen LogP contribution in [0.25, 0.3) is 0 Å². The third-order valence-corrected chi connectivity index (χ3v) is 5.97. The van der Waals surface area contributed by atoms with Gasteiger partial charge in [0, 0.05) is 43.2 Å². The molecule has 2 atom stereocenters. The summed E-state index contributed by atoms with van der Waals surface area (Å²) >= 11 is 0. The number of carbonyl (C=O) groups is 2. The number of fused-ring (bicyclic) bond motifs is 1. The molecular weight excluding hydrogens is 380 g/mol. The van der Waals surface area contributed by atoms with Crippen molar-refractivity contribution in [3.63, 3.8) is 0 Å². The van der Waals surface area contributed by atoms with Gasteiger partial charge in [0.2, 0.25) is 0 Å². The van der Waals surface area contributed by atoms with Crippen LogP contribution in [0, 0.1) is 0 Å². The van der Waals surface area contributed by atoms with Crippen molar-refractivity contribution in [3.8, 4) is 0 Å². The molecule has 158 valence electrons. The van der Waals surface area contributed by atoms with Gasteiger partial charge in [-0.05, 0) is 36.1 Å². The van der Waals surface area contributed by atoms with Gasteiger partial charge in [0.25, 0.3) is 5.91 Å². The second-order valence-electron chi connectivity index (χ2n) is 7.97. The Hall–Kier alpha value is -2.54. The van der Waals surface area contributed by atoms with Gasteiger partial charge in [0.1, 0.15) is 0 Å². The Morgan fingerprint density at radius 2 is 1.80 bits per heavy atom. The fourth-order valence-electron chi connectivity index (χ4n) is 4.15. The zero-order valence-corrected chi connectivity index (χ0v) is 17.0. The van der Waals surface area contributed by atoms with Gasteiger partial charge in [-0.25, -0.2) is 0 Å². The van der Waals surface area contributed by atoms with Crippen LogP contribution in [-0.4, -0.2) is 60.1 Å². The fraction of sp³-hybridized carbons (Fsp3) is 0.417. The Morgan fingerprint density at radius 3 is 2.60 bits per heavy atom. The van der Waals surface area contributed by atoms with Gasteiger partial charge >= 0.3 is 0 Å². The molecule has 2 aromatic carbocycles. The molecule has 6 nitrogen and oxygen atoms in total. The topological polar surface area (TPSA) is 78.9 Å². The smallest absolute Gasteiger partial charge is 0.254 e. The van der Waals surface area contributed by atoms with E-state index in [1.54, 1.807) is 29.2 Å². The predicted octanol–water partition coefficient (Wildman–Crippen LogP) is 2.20. The zero-order valence-electron chi connectivity index (χ0n) is 17.0. The molecule has 2 N–H and O–H groups in total. The van der Waals surface area contributed by atoms with Gasteiger partial charge < -0.3 is 20.1 Å². The van der Waals surface area contributed by atoms with Crippen LogP contribution in [0.15, 0.2) is 48.5 Å². The lowest BCUT2D eigenvalue weighted by atomic mass is 9.90. The summed E-state index contributed by atoms with van der Waals surface area (Å²) in [6.45, 7) is 2.96. The van der Waals surface area contributed by atoms with E-state index in [2.05, 4.69) is 17.4 Å². The first-order valence-electron chi connectivity index (χ1n) is 10.6. The Bertz CT molecular complexity index is 908. The molecule has 1 saturated heterocycles. The van der Waals surface area contributed by atoms with Crippen molar-refractivity contribution in [2.75, 3.05) is 26.3 Å². The number of rotatable bonds is 6. The Morgan fingerprint density at radius 1 is 1.07 bits per heavy atom. The van der Waals surface area contributed by atoms with Gasteiger partial charge in [0.15, 0.2) is 5.78 Å². The van der Waals surface area contributed by atoms with Crippen LogP contribution in [-0.2, 0) is 17.7 Å². The first kappa shape index (κ1) is 20.7. The van der Waals surface area contributed by atoms with E-state index < -0.39 is 6.10 Å². The third-order valence-electron chi connectivity index (χ3n) is 5.97. The molecule has 2 aliphatic rings. The van der Waals surface area contributed by atoms with Crippen LogP contribution in [0.4, 0.5) is 0 Å². The van der Waals surface area contributed by atoms with E-state index in [9.17, 15) is 14.7 Å². The lowest BCUT2D eigenvalue weighted by Crippen LogP contribution is -2.44. The van der Waals surface area contributed by atoms with E-state index in [0.29, 0.717) is 43.9 Å². The van der Waals surface area contributed by atoms with Crippen LogP contribution >= 0.6 is 0 Å². The van der Waals surface area contributed by atoms with E-state index in [1.165, 1.54) is 11.1 Å². The van der Waals surface area contributed by atoms with Gasteiger partial charge in [-0.2, -0.15) is 0 Å². The van der Waals surface area contributed by atoms with Gasteiger partial charge in [-0.3, -0.25) is 9.59 Å². The molecule has 2 aromatic rings. The molecule has 2 aliphatic heterocycles. The summed E-state index contributed by atoms with van der Waals surface area (Å²) in [6.07, 6.45) is 0.798. The Balaban J connectivity index is 1.33. The molecule has 6 heteroatoms. The highest BCUT2D eigenvalue weighted by Gasteiger charge is 2.25. The minimum Gasteiger partial charge on any atom is -0.391 e. The average molecular weight is 408 g/mol. The maximum atomic E-state index is 12.7. The minimum absolute atomic E-state index is 0.0538. The molecule has 0 bridgehead atoms. The molecule has 1 amide bonds. The number of ketones is 1. The van der Waals surface area contributed by atoms with Gasteiger partial charge in [-0.1, -0.05) is 36.4 Å². The van der Waals surface area contributed by atoms with E-state index in [1.807, 2.05) is 12.1 Å². The average Bonchev–Trinajstić information content (AvgIpc) is 2.82. The number of aliphatic hydroxyl groups is 1. The number of benzene rings is 2. The zero-order chi connectivity index (χ0) is 20.9. The van der Waals surface area contributed by atoms with E-state index >= 15 is 0 Å². The monoisotopic (exact) mass is 408 g/mol. The predicted molar refractivity (Wildman–Crippen MR) is 114 cm³/mol. The van der Waals surface area contributed by atoms with Crippen LogP contribution in [0.1, 0.15) is 44.7 Å². The van der Waals surface area contributed by atoms with Gasteiger partial charge in [0.05, 0.1) is 19.3 Å². The fourth-order valence-corrected chi connectivity index (χ4v) is 4.15. The molecule has 0 radical (unpaired) electrons. The maximum absolute atomic E-state index is 12.7. The quantitative estimate of drug-likeness (QED) is 0.717. The molecule has 0 saturated carbocycles. The number of nitrogens with one attached hydrogen (secondary N) is 1. The van der Waals surface area contributed by atoms with Crippen LogP contribution < -0.4 is 5.32 Å². The minimum atomic E-state index is -0.597. The van der Waals surface area contributed by atoms with E-state index in [-0.39, 0.29) is 24.2 Å². The lowest BCUT2D eigenvalue weighted by Gasteiger charge is -2.29. The van der Waals surface area contributed by atoms with Gasteiger partial charge in [-0.15, -0.1) is 0 Å². The summed E-state index contributed by atoms with van der Waals surface area (Å²) in [4.78, 5) is 27.1. The number of amides is 1. The Kier molecular flexibility index (Phi) is 6.57. The summed E-state index contributed by atoms with van der Waals surface area (Å²) < 4.78 is 5.29. The van der Waals surface area contributed by atoms with Crippen LogP contribution in [0.3, 0.4) is 0 Å². The van der Waals surface area contributed by atoms with Crippen molar-refractivity contribution >= 4 is 11.7 Å². The number of carbonyl (C=O) groups excluding carboxylic acids is 2. The number of nitrogens with zero attached hydrogens (tertiary/aromatic N) is 1. The van der Waals surface area contributed by atoms with Crippen molar-refractivity contribution in [1.82, 2.24) is 10.2 Å². The van der Waals surface area contributed by atoms with Crippen LogP contribution in [0.5, 0.6) is 0 Å². The highest BCUT2D eigenvalue weighted by Crippen LogP contribution is 2.20. The van der Waals surface area contributed by atoms with Crippen LogP contribution in [0.2, 0.25) is 0 Å². The number of hydrogen-bond donors (Lipinski definition) is 2. The number of Topliss-reactive ketones (excluding diaryl/α,β-unsaturated/α-hetero) is 1. The lowest BCUT2D eigenvalue weighted by molar-refractivity contribution is 0.0303. The first-order chi connectivity index (χ1) is 14.6. The first-order valence-corrected chi connectivity index (χ1v) is 10.6. The SMILES string of the molecule is O=C(CC[C@@H](O)[C@@H]1Cc2ccccc2CN1)c1cccc(C(=O)N2CCOCC2)c1. The molecular formula is C24H28N2O4. The van der Waals surface area contributed by atoms with E-state index in [0.717, 1.165) is 13.0 Å². The molecule has 2 heterocycles. The van der Waals surface area contributed by atoms with Crippen molar-refractivity contribution in [1.29, 1.82) is 0 Å². The molecule has 0 spiro atoms. The molecule has 30 heavy (non-hydrogen) atoms. The molecule has 0 unspecified atom stereocenters. The summed E-state index contributed by atoms with van der Waals surface area (Å²) in [5.74, 6) is -0.125. The summed E-state index contributed by atoms with van der Waals surface area (Å²) in [7, 11) is 0. The summed E-state index contributed by atoms with van der Waals surface area (Å²) in [5.41, 5.74) is 3.55. The number of ether oxygens (including phenoxy) is 1. The molecule has 0 aromatic heterocycles. The number of morpholine rings is 1. The molecule has 4 rings (SSSR count). The normalized spacial score (nSPS) is 19.8. The largest absolute Gasteiger partial charge is 0.391 e. The van der Waals surface area contributed by atoms with Crippen molar-refractivity contribution in [2.24, 2.45) is 0 Å². The third kappa shape index (κ3) is 4.78. The number of hydrogen-bond acceptors (Lipinski definition) is 5. The molecule has 1 fully saturated rings. The maximum Gasteiger partial charge on any atom is 0.254 e. The highest BCUT2D eigenvalue weighted by molar-refractivity contribution is 6.00. The van der Waals surface area contributed by atoms with Crippen molar-refractivity contribution < 1.29 is 19.4 Å². The van der Waals surface area contributed by atoms with Crippen molar-refractivity contribution in [2.45, 2.75) is 38.0 Å².